The van der Waals surface area contributed by atoms with E-state index >= 15 is 0 Å². The summed E-state index contributed by atoms with van der Waals surface area (Å²) in [4.78, 5) is 8.16. The second-order valence-corrected chi connectivity index (χ2v) is 5.35. The van der Waals surface area contributed by atoms with E-state index in [0.29, 0.717) is 16.9 Å². The van der Waals surface area contributed by atoms with Crippen LogP contribution in [0.3, 0.4) is 0 Å². The number of rotatable bonds is 6. The zero-order valence-corrected chi connectivity index (χ0v) is 11.1. The van der Waals surface area contributed by atoms with Gasteiger partial charge in [-0.15, -0.1) is 11.6 Å². The molecule has 0 radical (unpaired) electrons. The lowest BCUT2D eigenvalue weighted by Gasteiger charge is -2.24. The summed E-state index contributed by atoms with van der Waals surface area (Å²) in [6.07, 6.45) is 5.28. The predicted octanol–water partition coefficient (Wildman–Crippen LogP) is 3.59. The van der Waals surface area contributed by atoms with Crippen molar-refractivity contribution in [3.05, 3.63) is 17.4 Å². The summed E-state index contributed by atoms with van der Waals surface area (Å²) in [5.74, 6) is 1.32. The van der Waals surface area contributed by atoms with Crippen molar-refractivity contribution in [1.82, 2.24) is 9.97 Å². The van der Waals surface area contributed by atoms with Gasteiger partial charge in [-0.05, 0) is 18.3 Å². The Bertz CT molecular complexity index is 312. The van der Waals surface area contributed by atoms with Crippen LogP contribution in [0.15, 0.2) is 12.4 Å². The SMILES string of the molecule is CC(C)(CCCCl)CNc1ncc(Cl)cn1. The fraction of sp³-hybridized carbons (Fsp3) is 0.636. The first-order valence-corrected chi connectivity index (χ1v) is 6.22. The van der Waals surface area contributed by atoms with Crippen molar-refractivity contribution in [2.24, 2.45) is 5.41 Å². The van der Waals surface area contributed by atoms with Crippen molar-refractivity contribution in [2.45, 2.75) is 26.7 Å². The monoisotopic (exact) mass is 261 g/mol. The van der Waals surface area contributed by atoms with Gasteiger partial charge >= 0.3 is 0 Å². The Labute approximate surface area is 107 Å². The van der Waals surface area contributed by atoms with Gasteiger partial charge in [-0.1, -0.05) is 25.4 Å². The van der Waals surface area contributed by atoms with E-state index in [2.05, 4.69) is 29.1 Å². The van der Waals surface area contributed by atoms with Gasteiger partial charge in [0.1, 0.15) is 0 Å². The van der Waals surface area contributed by atoms with Gasteiger partial charge in [0, 0.05) is 12.4 Å². The van der Waals surface area contributed by atoms with Crippen molar-refractivity contribution in [3.8, 4) is 0 Å². The maximum absolute atomic E-state index is 5.70. The number of hydrogen-bond donors (Lipinski definition) is 1. The summed E-state index contributed by atoms with van der Waals surface area (Å²) >= 11 is 11.4. The van der Waals surface area contributed by atoms with Gasteiger partial charge in [0.2, 0.25) is 5.95 Å². The molecule has 0 aromatic carbocycles. The van der Waals surface area contributed by atoms with Crippen LogP contribution in [0.2, 0.25) is 5.02 Å². The number of alkyl halides is 1. The smallest absolute Gasteiger partial charge is 0.222 e. The number of anilines is 1. The molecule has 0 unspecified atom stereocenters. The van der Waals surface area contributed by atoms with E-state index in [1.54, 1.807) is 12.4 Å². The second kappa shape index (κ2) is 6.26. The van der Waals surface area contributed by atoms with Gasteiger partial charge in [0.05, 0.1) is 17.4 Å². The van der Waals surface area contributed by atoms with Crippen LogP contribution in [-0.4, -0.2) is 22.4 Å². The highest BCUT2D eigenvalue weighted by atomic mass is 35.5. The van der Waals surface area contributed by atoms with E-state index in [1.807, 2.05) is 0 Å². The third-order valence-corrected chi connectivity index (χ3v) is 2.80. The van der Waals surface area contributed by atoms with Gasteiger partial charge in [-0.3, -0.25) is 0 Å². The molecular formula is C11H17Cl2N3. The lowest BCUT2D eigenvalue weighted by molar-refractivity contribution is 0.355. The molecule has 0 atom stereocenters. The largest absolute Gasteiger partial charge is 0.354 e. The molecule has 16 heavy (non-hydrogen) atoms. The second-order valence-electron chi connectivity index (χ2n) is 4.54. The summed E-state index contributed by atoms with van der Waals surface area (Å²) in [6.45, 7) is 5.22. The van der Waals surface area contributed by atoms with Crippen molar-refractivity contribution in [3.63, 3.8) is 0 Å². The average molecular weight is 262 g/mol. The first kappa shape index (κ1) is 13.5. The lowest BCUT2D eigenvalue weighted by atomic mass is 9.88. The van der Waals surface area contributed by atoms with E-state index < -0.39 is 0 Å². The molecule has 1 rings (SSSR count). The van der Waals surface area contributed by atoms with Crippen LogP contribution in [0, 0.1) is 5.41 Å². The number of nitrogens with zero attached hydrogens (tertiary/aromatic N) is 2. The molecule has 0 aliphatic carbocycles. The molecule has 5 heteroatoms. The van der Waals surface area contributed by atoms with Gasteiger partial charge in [0.25, 0.3) is 0 Å². The number of hydrogen-bond acceptors (Lipinski definition) is 3. The van der Waals surface area contributed by atoms with Crippen molar-refractivity contribution >= 4 is 29.2 Å². The highest BCUT2D eigenvalue weighted by molar-refractivity contribution is 6.30. The van der Waals surface area contributed by atoms with E-state index in [0.717, 1.165) is 19.4 Å². The predicted molar refractivity (Wildman–Crippen MR) is 69.3 cm³/mol. The molecule has 0 aliphatic rings. The maximum atomic E-state index is 5.70. The summed E-state index contributed by atoms with van der Waals surface area (Å²) in [6, 6.07) is 0. The molecule has 1 heterocycles. The third-order valence-electron chi connectivity index (χ3n) is 2.33. The normalized spacial score (nSPS) is 11.5. The Hall–Kier alpha value is -0.540. The van der Waals surface area contributed by atoms with Crippen LogP contribution in [0.5, 0.6) is 0 Å². The Balaban J connectivity index is 2.41. The molecule has 0 fully saturated rings. The zero-order valence-electron chi connectivity index (χ0n) is 9.63. The molecule has 1 aromatic rings. The fourth-order valence-electron chi connectivity index (χ4n) is 1.36. The van der Waals surface area contributed by atoms with Gasteiger partial charge in [0.15, 0.2) is 0 Å². The zero-order chi connectivity index (χ0) is 12.0. The number of nitrogens with one attached hydrogen (secondary N) is 1. The Morgan fingerprint density at radius 1 is 1.31 bits per heavy atom. The molecule has 1 aromatic heterocycles. The lowest BCUT2D eigenvalue weighted by Crippen LogP contribution is -2.24. The molecular weight excluding hydrogens is 245 g/mol. The first-order valence-electron chi connectivity index (χ1n) is 5.31. The molecule has 0 bridgehead atoms. The minimum absolute atomic E-state index is 0.192. The minimum atomic E-state index is 0.192. The molecule has 3 nitrogen and oxygen atoms in total. The average Bonchev–Trinajstić information content (AvgIpc) is 2.26. The maximum Gasteiger partial charge on any atom is 0.222 e. The van der Waals surface area contributed by atoms with Gasteiger partial charge < -0.3 is 5.32 Å². The summed E-state index contributed by atoms with van der Waals surface area (Å²) in [5.41, 5.74) is 0.192. The van der Waals surface area contributed by atoms with Crippen LogP contribution in [0.25, 0.3) is 0 Å². The molecule has 1 N–H and O–H groups in total. The highest BCUT2D eigenvalue weighted by Gasteiger charge is 2.17. The Morgan fingerprint density at radius 3 is 2.50 bits per heavy atom. The molecule has 0 saturated carbocycles. The van der Waals surface area contributed by atoms with Gasteiger partial charge in [-0.25, -0.2) is 9.97 Å². The van der Waals surface area contributed by atoms with E-state index in [9.17, 15) is 0 Å². The minimum Gasteiger partial charge on any atom is -0.354 e. The Kier molecular flexibility index (Phi) is 5.29. The van der Waals surface area contributed by atoms with Crippen LogP contribution >= 0.6 is 23.2 Å². The summed E-state index contributed by atoms with van der Waals surface area (Å²) in [5, 5.41) is 3.75. The molecule has 0 amide bonds. The summed E-state index contributed by atoms with van der Waals surface area (Å²) < 4.78 is 0. The standard InChI is InChI=1S/C11H17Cl2N3/c1-11(2,4-3-5-12)8-16-10-14-6-9(13)7-15-10/h6-7H,3-5,8H2,1-2H3,(H,14,15,16). The van der Waals surface area contributed by atoms with Crippen molar-refractivity contribution < 1.29 is 0 Å². The third kappa shape index (κ3) is 4.99. The fourth-order valence-corrected chi connectivity index (χ4v) is 1.59. The van der Waals surface area contributed by atoms with E-state index in [4.69, 9.17) is 23.2 Å². The number of aromatic nitrogens is 2. The highest BCUT2D eigenvalue weighted by Crippen LogP contribution is 2.22. The van der Waals surface area contributed by atoms with Crippen LogP contribution in [0.4, 0.5) is 5.95 Å². The molecule has 0 saturated heterocycles. The van der Waals surface area contributed by atoms with Crippen LogP contribution in [-0.2, 0) is 0 Å². The Morgan fingerprint density at radius 2 is 1.94 bits per heavy atom. The molecule has 90 valence electrons. The molecule has 0 aliphatic heterocycles. The first-order chi connectivity index (χ1) is 7.53. The summed E-state index contributed by atoms with van der Waals surface area (Å²) in [7, 11) is 0. The van der Waals surface area contributed by atoms with E-state index in [1.165, 1.54) is 0 Å². The topological polar surface area (TPSA) is 37.8 Å². The van der Waals surface area contributed by atoms with Crippen LogP contribution in [0.1, 0.15) is 26.7 Å². The quantitative estimate of drug-likeness (QED) is 0.796. The van der Waals surface area contributed by atoms with Gasteiger partial charge in [-0.2, -0.15) is 0 Å². The van der Waals surface area contributed by atoms with Crippen LogP contribution < -0.4 is 5.32 Å². The number of halogens is 2. The van der Waals surface area contributed by atoms with E-state index in [-0.39, 0.29) is 5.41 Å². The van der Waals surface area contributed by atoms with Crippen molar-refractivity contribution in [1.29, 1.82) is 0 Å². The van der Waals surface area contributed by atoms with Crippen molar-refractivity contribution in [2.75, 3.05) is 17.7 Å². The molecule has 0 spiro atoms.